The van der Waals surface area contributed by atoms with E-state index in [2.05, 4.69) is 6.92 Å². The molecule has 70 valence electrons. The molecule has 0 aromatic rings. The van der Waals surface area contributed by atoms with E-state index in [0.29, 0.717) is 12.0 Å². The van der Waals surface area contributed by atoms with Crippen LogP contribution in [0.15, 0.2) is 0 Å². The Hall–Kier alpha value is -0.120. The molecule has 0 aromatic heterocycles. The molecule has 0 aromatic carbocycles. The largest absolute Gasteiger partial charge is 0.348 e. The second-order valence-electron chi connectivity index (χ2n) is 3.99. The molecule has 0 radical (unpaired) electrons. The van der Waals surface area contributed by atoms with Crippen LogP contribution in [-0.2, 0) is 9.47 Å². The van der Waals surface area contributed by atoms with Crippen molar-refractivity contribution < 1.29 is 9.47 Å². The van der Waals surface area contributed by atoms with Gasteiger partial charge < -0.3 is 15.2 Å². The molecule has 2 fully saturated rings. The summed E-state index contributed by atoms with van der Waals surface area (Å²) in [4.78, 5) is 0. The SMILES string of the molecule is CC1CC2(CC[C@@H]1N)OCCO2. The number of nitrogens with two attached hydrogens (primary N) is 1. The van der Waals surface area contributed by atoms with Gasteiger partial charge in [0.2, 0.25) is 0 Å². The lowest BCUT2D eigenvalue weighted by atomic mass is 9.82. The predicted molar refractivity (Wildman–Crippen MR) is 45.6 cm³/mol. The first-order valence-electron chi connectivity index (χ1n) is 4.75. The smallest absolute Gasteiger partial charge is 0.168 e. The first-order valence-corrected chi connectivity index (χ1v) is 4.75. The molecule has 0 amide bonds. The molecule has 12 heavy (non-hydrogen) atoms. The Labute approximate surface area is 73.2 Å². The lowest BCUT2D eigenvalue weighted by Crippen LogP contribution is -2.44. The molecule has 1 aliphatic heterocycles. The van der Waals surface area contributed by atoms with Crippen molar-refractivity contribution in [3.63, 3.8) is 0 Å². The molecule has 1 spiro atoms. The molecule has 1 saturated carbocycles. The maximum atomic E-state index is 5.92. The van der Waals surface area contributed by atoms with E-state index in [0.717, 1.165) is 32.5 Å². The van der Waals surface area contributed by atoms with Gasteiger partial charge in [-0.3, -0.25) is 0 Å². The maximum absolute atomic E-state index is 5.92. The van der Waals surface area contributed by atoms with Crippen LogP contribution in [0.5, 0.6) is 0 Å². The average Bonchev–Trinajstić information content (AvgIpc) is 2.47. The predicted octanol–water partition coefficient (Wildman–Crippen LogP) is 0.877. The summed E-state index contributed by atoms with van der Waals surface area (Å²) in [6, 6.07) is 0.337. The fraction of sp³-hybridized carbons (Fsp3) is 1.00. The fourth-order valence-electron chi connectivity index (χ4n) is 2.17. The van der Waals surface area contributed by atoms with Crippen molar-refractivity contribution in [2.75, 3.05) is 13.2 Å². The van der Waals surface area contributed by atoms with Crippen molar-refractivity contribution in [2.24, 2.45) is 11.7 Å². The summed E-state index contributed by atoms with van der Waals surface area (Å²) in [5.41, 5.74) is 5.92. The first kappa shape index (κ1) is 8.48. The molecular formula is C9H17NO2. The monoisotopic (exact) mass is 171 g/mol. The molecule has 2 aliphatic rings. The normalized spacial score (nSPS) is 40.5. The first-order chi connectivity index (χ1) is 5.72. The molecule has 1 aliphatic carbocycles. The minimum atomic E-state index is -0.255. The van der Waals surface area contributed by atoms with Gasteiger partial charge in [-0.1, -0.05) is 6.92 Å². The Morgan fingerprint density at radius 1 is 1.33 bits per heavy atom. The molecule has 3 heteroatoms. The van der Waals surface area contributed by atoms with Gasteiger partial charge in [0.15, 0.2) is 5.79 Å². The van der Waals surface area contributed by atoms with Crippen LogP contribution in [-0.4, -0.2) is 25.0 Å². The molecule has 1 heterocycles. The van der Waals surface area contributed by atoms with Crippen LogP contribution < -0.4 is 5.73 Å². The van der Waals surface area contributed by atoms with Crippen molar-refractivity contribution in [3.8, 4) is 0 Å². The fourth-order valence-corrected chi connectivity index (χ4v) is 2.17. The Balaban J connectivity index is 2.01. The van der Waals surface area contributed by atoms with Crippen molar-refractivity contribution in [2.45, 2.75) is 38.0 Å². The third kappa shape index (κ3) is 1.37. The quantitative estimate of drug-likeness (QED) is 0.588. The van der Waals surface area contributed by atoms with Gasteiger partial charge in [-0.25, -0.2) is 0 Å². The minimum absolute atomic E-state index is 0.255. The number of rotatable bonds is 0. The van der Waals surface area contributed by atoms with E-state index in [9.17, 15) is 0 Å². The highest BCUT2D eigenvalue weighted by Crippen LogP contribution is 2.37. The molecule has 0 bridgehead atoms. The van der Waals surface area contributed by atoms with E-state index in [1.54, 1.807) is 0 Å². The Morgan fingerprint density at radius 2 is 2.00 bits per heavy atom. The summed E-state index contributed by atoms with van der Waals surface area (Å²) in [7, 11) is 0. The zero-order valence-corrected chi connectivity index (χ0v) is 7.58. The lowest BCUT2D eigenvalue weighted by Gasteiger charge is -2.38. The van der Waals surface area contributed by atoms with Gasteiger partial charge in [0.05, 0.1) is 13.2 Å². The van der Waals surface area contributed by atoms with Crippen LogP contribution in [0.1, 0.15) is 26.2 Å². The minimum Gasteiger partial charge on any atom is -0.348 e. The van der Waals surface area contributed by atoms with Gasteiger partial charge in [0.1, 0.15) is 0 Å². The number of hydrogen-bond acceptors (Lipinski definition) is 3. The van der Waals surface area contributed by atoms with Crippen LogP contribution in [0.4, 0.5) is 0 Å². The second kappa shape index (κ2) is 2.98. The van der Waals surface area contributed by atoms with Crippen LogP contribution in [0.3, 0.4) is 0 Å². The zero-order valence-electron chi connectivity index (χ0n) is 7.58. The van der Waals surface area contributed by atoms with Crippen molar-refractivity contribution in [1.29, 1.82) is 0 Å². The van der Waals surface area contributed by atoms with Crippen molar-refractivity contribution >= 4 is 0 Å². The summed E-state index contributed by atoms with van der Waals surface area (Å²) < 4.78 is 11.2. The summed E-state index contributed by atoms with van der Waals surface area (Å²) in [6.07, 6.45) is 2.97. The summed E-state index contributed by atoms with van der Waals surface area (Å²) in [5.74, 6) is 0.270. The molecule has 2 atom stereocenters. The van der Waals surface area contributed by atoms with Gasteiger partial charge in [0, 0.05) is 18.9 Å². The highest BCUT2D eigenvalue weighted by atomic mass is 16.7. The van der Waals surface area contributed by atoms with E-state index >= 15 is 0 Å². The van der Waals surface area contributed by atoms with Gasteiger partial charge in [-0.2, -0.15) is 0 Å². The standard InChI is InChI=1S/C9H17NO2/c1-7-6-9(3-2-8(7)10)11-4-5-12-9/h7-8H,2-6,10H2,1H3/t7?,8-/m0/s1. The highest BCUT2D eigenvalue weighted by molar-refractivity contribution is 4.87. The second-order valence-corrected chi connectivity index (χ2v) is 3.99. The molecule has 1 saturated heterocycles. The van der Waals surface area contributed by atoms with Crippen LogP contribution in [0.25, 0.3) is 0 Å². The molecular weight excluding hydrogens is 154 g/mol. The summed E-state index contributed by atoms with van der Waals surface area (Å²) in [6.45, 7) is 3.68. The van der Waals surface area contributed by atoms with Crippen LogP contribution >= 0.6 is 0 Å². The van der Waals surface area contributed by atoms with E-state index < -0.39 is 0 Å². The molecule has 1 unspecified atom stereocenters. The highest BCUT2D eigenvalue weighted by Gasteiger charge is 2.42. The summed E-state index contributed by atoms with van der Waals surface area (Å²) >= 11 is 0. The van der Waals surface area contributed by atoms with Gasteiger partial charge in [0.25, 0.3) is 0 Å². The van der Waals surface area contributed by atoms with E-state index in [1.165, 1.54) is 0 Å². The summed E-state index contributed by atoms with van der Waals surface area (Å²) in [5, 5.41) is 0. The maximum Gasteiger partial charge on any atom is 0.168 e. The average molecular weight is 171 g/mol. The number of ether oxygens (including phenoxy) is 2. The van der Waals surface area contributed by atoms with E-state index in [-0.39, 0.29) is 5.79 Å². The van der Waals surface area contributed by atoms with Crippen LogP contribution in [0, 0.1) is 5.92 Å². The Kier molecular flexibility index (Phi) is 2.10. The third-order valence-electron chi connectivity index (χ3n) is 3.04. The lowest BCUT2D eigenvalue weighted by molar-refractivity contribution is -0.187. The molecule has 2 N–H and O–H groups in total. The van der Waals surface area contributed by atoms with Crippen molar-refractivity contribution in [3.05, 3.63) is 0 Å². The Bertz CT molecular complexity index is 166. The van der Waals surface area contributed by atoms with Gasteiger partial charge in [-0.15, -0.1) is 0 Å². The van der Waals surface area contributed by atoms with Crippen molar-refractivity contribution in [1.82, 2.24) is 0 Å². The molecule has 2 rings (SSSR count). The van der Waals surface area contributed by atoms with E-state index in [1.807, 2.05) is 0 Å². The zero-order chi connectivity index (χ0) is 8.60. The molecule has 3 nitrogen and oxygen atoms in total. The van der Waals surface area contributed by atoms with Gasteiger partial charge in [-0.05, 0) is 12.3 Å². The van der Waals surface area contributed by atoms with Crippen LogP contribution in [0.2, 0.25) is 0 Å². The number of hydrogen-bond donors (Lipinski definition) is 1. The van der Waals surface area contributed by atoms with Gasteiger partial charge >= 0.3 is 0 Å². The Morgan fingerprint density at radius 3 is 2.58 bits per heavy atom. The third-order valence-corrected chi connectivity index (χ3v) is 3.04. The van der Waals surface area contributed by atoms with E-state index in [4.69, 9.17) is 15.2 Å². The topological polar surface area (TPSA) is 44.5 Å².